The summed E-state index contributed by atoms with van der Waals surface area (Å²) in [6.45, 7) is 3.61. The Kier molecular flexibility index (Phi) is 5.89. The van der Waals surface area contributed by atoms with Gasteiger partial charge in [0.1, 0.15) is 17.3 Å². The largest absolute Gasteiger partial charge is 0.497 e. The second-order valence-corrected chi connectivity index (χ2v) is 6.17. The molecular formula is C20H25FN2O2. The van der Waals surface area contributed by atoms with Crippen LogP contribution >= 0.6 is 0 Å². The van der Waals surface area contributed by atoms with Gasteiger partial charge in [0.2, 0.25) is 0 Å². The van der Waals surface area contributed by atoms with Gasteiger partial charge in [-0.25, -0.2) is 4.39 Å². The highest BCUT2D eigenvalue weighted by atomic mass is 19.1. The number of hydrogen-bond acceptors (Lipinski definition) is 4. The van der Waals surface area contributed by atoms with Gasteiger partial charge in [-0.15, -0.1) is 0 Å². The molecule has 0 aromatic heterocycles. The zero-order valence-corrected chi connectivity index (χ0v) is 14.8. The lowest BCUT2D eigenvalue weighted by molar-refractivity contribution is 0.231. The summed E-state index contributed by atoms with van der Waals surface area (Å²) < 4.78 is 25.7. The molecule has 25 heavy (non-hydrogen) atoms. The van der Waals surface area contributed by atoms with Crippen LogP contribution in [0, 0.1) is 5.82 Å². The second-order valence-electron chi connectivity index (χ2n) is 6.17. The summed E-state index contributed by atoms with van der Waals surface area (Å²) in [5.41, 5.74) is 1.59. The van der Waals surface area contributed by atoms with Crippen LogP contribution in [0.15, 0.2) is 42.5 Å². The van der Waals surface area contributed by atoms with Gasteiger partial charge in [0, 0.05) is 30.8 Å². The lowest BCUT2D eigenvalue weighted by Gasteiger charge is -2.32. The maximum atomic E-state index is 14.7. The van der Waals surface area contributed by atoms with E-state index in [1.165, 1.54) is 6.07 Å². The van der Waals surface area contributed by atoms with Crippen LogP contribution in [-0.2, 0) is 0 Å². The Morgan fingerprint density at radius 2 is 1.84 bits per heavy atom. The average molecular weight is 344 g/mol. The number of hydrogen-bond donors (Lipinski definition) is 1. The van der Waals surface area contributed by atoms with E-state index < -0.39 is 0 Å². The van der Waals surface area contributed by atoms with Crippen molar-refractivity contribution in [3.63, 3.8) is 0 Å². The number of rotatable bonds is 5. The van der Waals surface area contributed by atoms with Crippen LogP contribution in [-0.4, -0.2) is 45.3 Å². The topological polar surface area (TPSA) is 33.7 Å². The van der Waals surface area contributed by atoms with E-state index in [4.69, 9.17) is 9.47 Å². The molecule has 1 fully saturated rings. The molecule has 1 aliphatic heterocycles. The van der Waals surface area contributed by atoms with E-state index in [-0.39, 0.29) is 11.9 Å². The van der Waals surface area contributed by atoms with Crippen molar-refractivity contribution in [3.8, 4) is 11.5 Å². The van der Waals surface area contributed by atoms with E-state index in [0.717, 1.165) is 49.7 Å². The van der Waals surface area contributed by atoms with Crippen LogP contribution in [0.4, 0.5) is 4.39 Å². The molecule has 0 saturated carbocycles. The third-order valence-electron chi connectivity index (χ3n) is 4.67. The molecular weight excluding hydrogens is 319 g/mol. The number of nitrogens with one attached hydrogen (secondary N) is 1. The van der Waals surface area contributed by atoms with Crippen molar-refractivity contribution in [2.75, 3.05) is 40.4 Å². The number of ether oxygens (including phenoxy) is 2. The van der Waals surface area contributed by atoms with Crippen LogP contribution in [0.5, 0.6) is 11.5 Å². The molecule has 3 rings (SSSR count). The molecule has 5 heteroatoms. The summed E-state index contributed by atoms with van der Waals surface area (Å²) >= 11 is 0. The molecule has 0 aliphatic carbocycles. The number of benzene rings is 2. The van der Waals surface area contributed by atoms with Crippen LogP contribution in [0.3, 0.4) is 0 Å². The first-order valence-corrected chi connectivity index (χ1v) is 8.65. The predicted octanol–water partition coefficient (Wildman–Crippen LogP) is 3.23. The van der Waals surface area contributed by atoms with Gasteiger partial charge in [0.25, 0.3) is 0 Å². The number of halogens is 1. The molecule has 4 nitrogen and oxygen atoms in total. The number of methoxy groups -OCH3 is 2. The quantitative estimate of drug-likeness (QED) is 0.903. The third kappa shape index (κ3) is 3.94. The maximum absolute atomic E-state index is 14.7. The standard InChI is InChI=1S/C20H25FN2O2/c1-24-15-8-9-19(25-2)17(14-15)20(16-6-3-4-7-18(16)21)23-12-5-10-22-11-13-23/h3-4,6-9,14,20,22H,5,10-13H2,1-2H3. The first-order valence-electron chi connectivity index (χ1n) is 8.65. The first kappa shape index (κ1) is 17.7. The Balaban J connectivity index is 2.12. The molecule has 0 radical (unpaired) electrons. The lowest BCUT2D eigenvalue weighted by atomic mass is 9.95. The third-order valence-corrected chi connectivity index (χ3v) is 4.67. The average Bonchev–Trinajstić information content (AvgIpc) is 2.93. The van der Waals surface area contributed by atoms with Crippen molar-refractivity contribution in [2.45, 2.75) is 12.5 Å². The highest BCUT2D eigenvalue weighted by molar-refractivity contribution is 5.46. The van der Waals surface area contributed by atoms with E-state index in [0.29, 0.717) is 5.56 Å². The minimum atomic E-state index is -0.217. The smallest absolute Gasteiger partial charge is 0.128 e. The van der Waals surface area contributed by atoms with Gasteiger partial charge >= 0.3 is 0 Å². The van der Waals surface area contributed by atoms with E-state index in [1.54, 1.807) is 20.3 Å². The van der Waals surface area contributed by atoms with E-state index in [2.05, 4.69) is 10.2 Å². The van der Waals surface area contributed by atoms with Crippen molar-refractivity contribution < 1.29 is 13.9 Å². The molecule has 1 heterocycles. The van der Waals surface area contributed by atoms with E-state index in [1.807, 2.05) is 30.3 Å². The molecule has 1 N–H and O–H groups in total. The van der Waals surface area contributed by atoms with Gasteiger partial charge in [-0.2, -0.15) is 0 Å². The summed E-state index contributed by atoms with van der Waals surface area (Å²) in [5.74, 6) is 1.28. The number of nitrogens with zero attached hydrogens (tertiary/aromatic N) is 1. The zero-order valence-electron chi connectivity index (χ0n) is 14.8. The summed E-state index contributed by atoms with van der Waals surface area (Å²) in [7, 11) is 3.28. The molecule has 2 aromatic carbocycles. The fourth-order valence-electron chi connectivity index (χ4n) is 3.44. The fourth-order valence-corrected chi connectivity index (χ4v) is 3.44. The Morgan fingerprint density at radius 3 is 2.60 bits per heavy atom. The highest BCUT2D eigenvalue weighted by Gasteiger charge is 2.28. The van der Waals surface area contributed by atoms with Gasteiger partial charge in [-0.3, -0.25) is 4.90 Å². The Labute approximate surface area is 148 Å². The van der Waals surface area contributed by atoms with Crippen molar-refractivity contribution in [1.29, 1.82) is 0 Å². The Bertz CT molecular complexity index is 700. The van der Waals surface area contributed by atoms with E-state index >= 15 is 0 Å². The summed E-state index contributed by atoms with van der Waals surface area (Å²) in [5, 5.41) is 3.41. The maximum Gasteiger partial charge on any atom is 0.128 e. The zero-order chi connectivity index (χ0) is 17.6. The van der Waals surface area contributed by atoms with Gasteiger partial charge in [0.15, 0.2) is 0 Å². The molecule has 1 atom stereocenters. The van der Waals surface area contributed by atoms with Gasteiger partial charge in [0.05, 0.1) is 20.3 Å². The molecule has 0 amide bonds. The van der Waals surface area contributed by atoms with Gasteiger partial charge < -0.3 is 14.8 Å². The molecule has 1 unspecified atom stereocenters. The molecule has 134 valence electrons. The summed E-state index contributed by atoms with van der Waals surface area (Å²) in [6.07, 6.45) is 1.03. The van der Waals surface area contributed by atoms with Crippen molar-refractivity contribution in [1.82, 2.24) is 10.2 Å². The Hall–Kier alpha value is -2.11. The molecule has 0 bridgehead atoms. The molecule has 2 aromatic rings. The first-order chi connectivity index (χ1) is 12.2. The molecule has 1 aliphatic rings. The summed E-state index contributed by atoms with van der Waals surface area (Å²) in [4.78, 5) is 2.32. The lowest BCUT2D eigenvalue weighted by Crippen LogP contribution is -2.33. The summed E-state index contributed by atoms with van der Waals surface area (Å²) in [6, 6.07) is 12.5. The normalized spacial score (nSPS) is 16.9. The van der Waals surface area contributed by atoms with Crippen molar-refractivity contribution in [3.05, 3.63) is 59.4 Å². The van der Waals surface area contributed by atoms with Crippen LogP contribution in [0.2, 0.25) is 0 Å². The van der Waals surface area contributed by atoms with Crippen molar-refractivity contribution >= 4 is 0 Å². The molecule has 0 spiro atoms. The SMILES string of the molecule is COc1ccc(OC)c(C(c2ccccc2F)N2CCCNCC2)c1. The second kappa shape index (κ2) is 8.32. The van der Waals surface area contributed by atoms with Gasteiger partial charge in [-0.1, -0.05) is 18.2 Å². The van der Waals surface area contributed by atoms with Crippen LogP contribution < -0.4 is 14.8 Å². The Morgan fingerprint density at radius 1 is 1.00 bits per heavy atom. The minimum Gasteiger partial charge on any atom is -0.497 e. The monoisotopic (exact) mass is 344 g/mol. The van der Waals surface area contributed by atoms with E-state index in [9.17, 15) is 4.39 Å². The fraction of sp³-hybridized carbons (Fsp3) is 0.400. The van der Waals surface area contributed by atoms with Crippen LogP contribution in [0.1, 0.15) is 23.6 Å². The molecule has 1 saturated heterocycles. The predicted molar refractivity (Wildman–Crippen MR) is 96.8 cm³/mol. The van der Waals surface area contributed by atoms with Crippen LogP contribution in [0.25, 0.3) is 0 Å². The van der Waals surface area contributed by atoms with Gasteiger partial charge in [-0.05, 0) is 37.2 Å². The highest BCUT2D eigenvalue weighted by Crippen LogP contribution is 2.38. The van der Waals surface area contributed by atoms with Crippen molar-refractivity contribution in [2.24, 2.45) is 0 Å². The minimum absolute atomic E-state index is 0.199.